The number of aromatic nitrogens is 5. The molecule has 1 aromatic carbocycles. The summed E-state index contributed by atoms with van der Waals surface area (Å²) in [4.78, 5) is 23.6. The quantitative estimate of drug-likeness (QED) is 0.766. The summed E-state index contributed by atoms with van der Waals surface area (Å²) in [5, 5.41) is 6.52. The number of para-hydroxylation sites is 1. The van der Waals surface area contributed by atoms with Gasteiger partial charge in [0.1, 0.15) is 24.9 Å². The summed E-state index contributed by atoms with van der Waals surface area (Å²) in [7, 11) is 0. The number of nitrogens with one attached hydrogen (secondary N) is 1. The van der Waals surface area contributed by atoms with Crippen molar-refractivity contribution in [3.05, 3.63) is 55.4 Å². The number of rotatable bonds is 5. The number of amides is 1. The fourth-order valence-electron chi connectivity index (χ4n) is 1.69. The predicted molar refractivity (Wildman–Crippen MR) is 77.2 cm³/mol. The molecule has 0 atom stereocenters. The van der Waals surface area contributed by atoms with Gasteiger partial charge in [0.25, 0.3) is 0 Å². The van der Waals surface area contributed by atoms with Gasteiger partial charge in [0.05, 0.1) is 18.1 Å². The molecule has 0 aliphatic heterocycles. The Kier molecular flexibility index (Phi) is 4.01. The minimum absolute atomic E-state index is 0.0717. The van der Waals surface area contributed by atoms with Crippen LogP contribution in [0.15, 0.2) is 55.4 Å². The van der Waals surface area contributed by atoms with Crippen molar-refractivity contribution in [1.29, 1.82) is 0 Å². The van der Waals surface area contributed by atoms with Crippen molar-refractivity contribution in [3.8, 4) is 11.8 Å². The van der Waals surface area contributed by atoms with Gasteiger partial charge in [-0.3, -0.25) is 4.79 Å². The summed E-state index contributed by atoms with van der Waals surface area (Å²) in [6, 6.07) is 9.42. The third-order valence-corrected chi connectivity index (χ3v) is 2.64. The summed E-state index contributed by atoms with van der Waals surface area (Å²) in [5.74, 6) is 0.399. The molecular weight excluding hydrogens is 284 g/mol. The topological polar surface area (TPSA) is 94.8 Å². The molecule has 0 bridgehead atoms. The molecule has 8 heteroatoms. The van der Waals surface area contributed by atoms with E-state index in [2.05, 4.69) is 25.4 Å². The normalized spacial score (nSPS) is 10.2. The van der Waals surface area contributed by atoms with E-state index in [0.29, 0.717) is 11.4 Å². The molecule has 0 unspecified atom stereocenters. The average Bonchev–Trinajstić information content (AvgIpc) is 3.03. The molecule has 2 aromatic heterocycles. The Morgan fingerprint density at radius 3 is 2.64 bits per heavy atom. The van der Waals surface area contributed by atoms with Gasteiger partial charge in [-0.15, -0.1) is 0 Å². The molecule has 0 aliphatic carbocycles. The Hall–Kier alpha value is -3.29. The molecular formula is C14H12N6O2. The lowest BCUT2D eigenvalue weighted by Gasteiger charge is -2.06. The van der Waals surface area contributed by atoms with Crippen molar-refractivity contribution in [2.45, 2.75) is 6.54 Å². The fourth-order valence-corrected chi connectivity index (χ4v) is 1.69. The Morgan fingerprint density at radius 2 is 1.95 bits per heavy atom. The second-order valence-electron chi connectivity index (χ2n) is 4.31. The highest BCUT2D eigenvalue weighted by Crippen LogP contribution is 2.17. The third kappa shape index (κ3) is 3.63. The van der Waals surface area contributed by atoms with Crippen LogP contribution >= 0.6 is 0 Å². The first-order valence-corrected chi connectivity index (χ1v) is 6.47. The van der Waals surface area contributed by atoms with Crippen LogP contribution in [0.5, 0.6) is 11.8 Å². The van der Waals surface area contributed by atoms with Crippen LogP contribution in [0.1, 0.15) is 0 Å². The molecule has 0 spiro atoms. The summed E-state index contributed by atoms with van der Waals surface area (Å²) < 4.78 is 6.89. The Labute approximate surface area is 125 Å². The van der Waals surface area contributed by atoms with Gasteiger partial charge >= 0.3 is 6.01 Å². The second-order valence-corrected chi connectivity index (χ2v) is 4.31. The summed E-state index contributed by atoms with van der Waals surface area (Å²) in [6.45, 7) is 0.0717. The van der Waals surface area contributed by atoms with Crippen molar-refractivity contribution in [2.75, 3.05) is 5.32 Å². The molecule has 1 amide bonds. The second kappa shape index (κ2) is 6.44. The van der Waals surface area contributed by atoms with E-state index in [4.69, 9.17) is 4.74 Å². The summed E-state index contributed by atoms with van der Waals surface area (Å²) >= 11 is 0. The lowest BCUT2D eigenvalue weighted by atomic mass is 10.3. The first kappa shape index (κ1) is 13.7. The predicted octanol–water partition coefficient (Wildman–Crippen LogP) is 1.50. The number of hydrogen-bond acceptors (Lipinski definition) is 6. The summed E-state index contributed by atoms with van der Waals surface area (Å²) in [5.41, 5.74) is 0.477. The number of carbonyl (C=O) groups is 1. The standard InChI is InChI=1S/C14H12N6O2/c21-13(8-20-10-15-9-18-20)19-11-6-16-14(17-7-11)22-12-4-2-1-3-5-12/h1-7,9-10H,8H2,(H,19,21). The van der Waals surface area contributed by atoms with Crippen molar-refractivity contribution in [3.63, 3.8) is 0 Å². The van der Waals surface area contributed by atoms with Crippen molar-refractivity contribution >= 4 is 11.6 Å². The molecule has 1 N–H and O–H groups in total. The zero-order chi connectivity index (χ0) is 15.2. The molecule has 22 heavy (non-hydrogen) atoms. The molecule has 0 aliphatic rings. The lowest BCUT2D eigenvalue weighted by Crippen LogP contribution is -2.19. The Bertz CT molecular complexity index is 728. The van der Waals surface area contributed by atoms with Gasteiger partial charge in [0, 0.05) is 0 Å². The van der Waals surface area contributed by atoms with Crippen LogP contribution in [0.25, 0.3) is 0 Å². The first-order valence-electron chi connectivity index (χ1n) is 6.47. The number of benzene rings is 1. The zero-order valence-electron chi connectivity index (χ0n) is 11.5. The zero-order valence-corrected chi connectivity index (χ0v) is 11.5. The maximum absolute atomic E-state index is 11.8. The van der Waals surface area contributed by atoms with E-state index >= 15 is 0 Å². The molecule has 0 saturated heterocycles. The van der Waals surface area contributed by atoms with Gasteiger partial charge in [-0.2, -0.15) is 5.10 Å². The maximum Gasteiger partial charge on any atom is 0.322 e. The number of hydrogen-bond donors (Lipinski definition) is 1. The molecule has 3 aromatic rings. The van der Waals surface area contributed by atoms with Crippen LogP contribution in [0.3, 0.4) is 0 Å². The number of nitrogens with zero attached hydrogens (tertiary/aromatic N) is 5. The fraction of sp³-hybridized carbons (Fsp3) is 0.0714. The molecule has 0 fully saturated rings. The van der Waals surface area contributed by atoms with E-state index in [9.17, 15) is 4.79 Å². The van der Waals surface area contributed by atoms with E-state index in [1.165, 1.54) is 29.7 Å². The van der Waals surface area contributed by atoms with Crippen molar-refractivity contribution < 1.29 is 9.53 Å². The number of anilines is 1. The van der Waals surface area contributed by atoms with E-state index in [1.54, 1.807) is 12.1 Å². The number of ether oxygens (including phenoxy) is 1. The van der Waals surface area contributed by atoms with Gasteiger partial charge in [0.15, 0.2) is 0 Å². The van der Waals surface area contributed by atoms with E-state index < -0.39 is 0 Å². The van der Waals surface area contributed by atoms with Gasteiger partial charge in [-0.1, -0.05) is 18.2 Å². The van der Waals surface area contributed by atoms with Gasteiger partial charge < -0.3 is 10.1 Å². The monoisotopic (exact) mass is 296 g/mol. The molecule has 110 valence electrons. The van der Waals surface area contributed by atoms with Crippen molar-refractivity contribution in [1.82, 2.24) is 24.7 Å². The van der Waals surface area contributed by atoms with E-state index in [0.717, 1.165) is 0 Å². The number of carbonyl (C=O) groups excluding carboxylic acids is 1. The highest BCUT2D eigenvalue weighted by atomic mass is 16.5. The van der Waals surface area contributed by atoms with Crippen molar-refractivity contribution in [2.24, 2.45) is 0 Å². The minimum Gasteiger partial charge on any atom is -0.424 e. The Morgan fingerprint density at radius 1 is 1.18 bits per heavy atom. The maximum atomic E-state index is 11.8. The van der Waals surface area contributed by atoms with E-state index in [1.807, 2.05) is 18.2 Å². The lowest BCUT2D eigenvalue weighted by molar-refractivity contribution is -0.116. The molecule has 8 nitrogen and oxygen atoms in total. The summed E-state index contributed by atoms with van der Waals surface area (Å²) in [6.07, 6.45) is 5.79. The highest BCUT2D eigenvalue weighted by molar-refractivity contribution is 5.90. The SMILES string of the molecule is O=C(Cn1cncn1)Nc1cnc(Oc2ccccc2)nc1. The first-order chi connectivity index (χ1) is 10.8. The van der Waals surface area contributed by atoms with E-state index in [-0.39, 0.29) is 18.5 Å². The molecule has 3 rings (SSSR count). The molecule has 0 radical (unpaired) electrons. The van der Waals surface area contributed by atoms with Crippen LogP contribution < -0.4 is 10.1 Å². The molecule has 2 heterocycles. The van der Waals surface area contributed by atoms with Gasteiger partial charge in [-0.05, 0) is 12.1 Å². The highest BCUT2D eigenvalue weighted by Gasteiger charge is 2.06. The Balaban J connectivity index is 1.58. The average molecular weight is 296 g/mol. The third-order valence-electron chi connectivity index (χ3n) is 2.64. The van der Waals surface area contributed by atoms with Crippen LogP contribution in [0, 0.1) is 0 Å². The van der Waals surface area contributed by atoms with Crippen LogP contribution in [-0.4, -0.2) is 30.6 Å². The van der Waals surface area contributed by atoms with Crippen LogP contribution in [0.4, 0.5) is 5.69 Å². The molecule has 0 saturated carbocycles. The smallest absolute Gasteiger partial charge is 0.322 e. The van der Waals surface area contributed by atoms with Gasteiger partial charge in [0.2, 0.25) is 5.91 Å². The minimum atomic E-state index is -0.245. The van der Waals surface area contributed by atoms with Crippen LogP contribution in [-0.2, 0) is 11.3 Å². The largest absolute Gasteiger partial charge is 0.424 e. The van der Waals surface area contributed by atoms with Gasteiger partial charge in [-0.25, -0.2) is 19.6 Å². The van der Waals surface area contributed by atoms with Crippen LogP contribution in [0.2, 0.25) is 0 Å².